The SMILES string of the molecule is CCO[P+](OCC)(OCC)C(F)(F)C(=O)O. The summed E-state index contributed by atoms with van der Waals surface area (Å²) in [7, 11) is -4.19. The van der Waals surface area contributed by atoms with E-state index in [1.54, 1.807) is 0 Å². The van der Waals surface area contributed by atoms with Crippen LogP contribution in [-0.4, -0.2) is 36.6 Å². The molecule has 0 atom stereocenters. The summed E-state index contributed by atoms with van der Waals surface area (Å²) in [6.45, 7) is 4.05. The quantitative estimate of drug-likeness (QED) is 0.680. The van der Waals surface area contributed by atoms with Crippen LogP contribution < -0.4 is 0 Å². The second-order valence-electron chi connectivity index (χ2n) is 2.60. The van der Waals surface area contributed by atoms with Gasteiger partial charge in [0.05, 0.1) is 19.8 Å². The summed E-state index contributed by atoms with van der Waals surface area (Å²) in [5.74, 6) is -2.31. The van der Waals surface area contributed by atoms with Gasteiger partial charge in [-0.2, -0.15) is 13.6 Å². The predicted molar refractivity (Wildman–Crippen MR) is 54.4 cm³/mol. The van der Waals surface area contributed by atoms with Gasteiger partial charge >= 0.3 is 19.6 Å². The fraction of sp³-hybridized carbons (Fsp3) is 0.875. The van der Waals surface area contributed by atoms with Gasteiger partial charge in [0.25, 0.3) is 0 Å². The number of carbonyl (C=O) groups is 1. The summed E-state index contributed by atoms with van der Waals surface area (Å²) < 4.78 is 41.3. The highest BCUT2D eigenvalue weighted by Crippen LogP contribution is 2.73. The largest absolute Gasteiger partial charge is 0.535 e. The summed E-state index contributed by atoms with van der Waals surface area (Å²) in [6, 6.07) is 0. The van der Waals surface area contributed by atoms with E-state index in [9.17, 15) is 13.6 Å². The molecule has 0 heterocycles. The van der Waals surface area contributed by atoms with E-state index in [0.29, 0.717) is 0 Å². The third-order valence-corrected chi connectivity index (χ3v) is 4.17. The van der Waals surface area contributed by atoms with Gasteiger partial charge in [-0.05, 0) is 20.8 Å². The van der Waals surface area contributed by atoms with Crippen molar-refractivity contribution in [2.45, 2.75) is 26.4 Å². The Labute approximate surface area is 93.3 Å². The van der Waals surface area contributed by atoms with Crippen molar-refractivity contribution in [1.29, 1.82) is 0 Å². The first-order valence-electron chi connectivity index (χ1n) is 4.81. The first kappa shape index (κ1) is 15.6. The number of halogens is 2. The van der Waals surface area contributed by atoms with Crippen molar-refractivity contribution in [3.63, 3.8) is 0 Å². The minimum absolute atomic E-state index is 0.114. The lowest BCUT2D eigenvalue weighted by molar-refractivity contribution is -0.157. The number of aliphatic carboxylic acids is 1. The lowest BCUT2D eigenvalue weighted by Gasteiger charge is -2.24. The van der Waals surface area contributed by atoms with E-state index in [1.807, 2.05) is 0 Å². The lowest BCUT2D eigenvalue weighted by atomic mass is 10.7. The minimum atomic E-state index is -4.19. The molecule has 16 heavy (non-hydrogen) atoms. The molecule has 0 fully saturated rings. The number of carboxylic acid groups (broad SMARTS) is 1. The maximum Gasteiger partial charge on any atom is 0.535 e. The van der Waals surface area contributed by atoms with Crippen LogP contribution in [0.5, 0.6) is 0 Å². The lowest BCUT2D eigenvalue weighted by Crippen LogP contribution is -2.35. The number of alkyl halides is 2. The predicted octanol–water partition coefficient (Wildman–Crippen LogP) is 2.54. The normalized spacial score (nSPS) is 12.8. The number of carboxylic acids is 1. The third kappa shape index (κ3) is 3.07. The van der Waals surface area contributed by atoms with Crippen molar-refractivity contribution in [2.75, 3.05) is 19.8 Å². The van der Waals surface area contributed by atoms with E-state index in [-0.39, 0.29) is 19.8 Å². The topological polar surface area (TPSA) is 65.0 Å². The number of hydrogen-bond acceptors (Lipinski definition) is 4. The molecule has 0 aliphatic rings. The average Bonchev–Trinajstić information content (AvgIpc) is 2.18. The zero-order valence-corrected chi connectivity index (χ0v) is 10.3. The van der Waals surface area contributed by atoms with Gasteiger partial charge in [0.1, 0.15) is 0 Å². The molecule has 0 aliphatic carbocycles. The van der Waals surface area contributed by atoms with E-state index >= 15 is 0 Å². The molecule has 8 heteroatoms. The minimum Gasteiger partial charge on any atom is -0.473 e. The third-order valence-electron chi connectivity index (χ3n) is 1.50. The fourth-order valence-corrected chi connectivity index (χ4v) is 2.95. The summed E-state index contributed by atoms with van der Waals surface area (Å²) in [4.78, 5) is 10.5. The van der Waals surface area contributed by atoms with Gasteiger partial charge in [-0.25, -0.2) is 4.79 Å². The van der Waals surface area contributed by atoms with E-state index in [2.05, 4.69) is 0 Å². The van der Waals surface area contributed by atoms with Crippen LogP contribution >= 0.6 is 7.94 Å². The average molecular weight is 261 g/mol. The van der Waals surface area contributed by atoms with Crippen LogP contribution in [0.2, 0.25) is 0 Å². The number of rotatable bonds is 8. The molecule has 0 radical (unpaired) electrons. The van der Waals surface area contributed by atoms with Gasteiger partial charge < -0.3 is 5.11 Å². The standard InChI is InChI=1S/C8H15F2O5P/c1-4-13-16(14-5-2,15-6-3)8(9,10)7(11)12/h4-6H2,1-3H3/p+1. The Morgan fingerprint density at radius 2 is 1.44 bits per heavy atom. The first-order chi connectivity index (χ1) is 7.38. The highest BCUT2D eigenvalue weighted by atomic mass is 31.2. The molecule has 96 valence electrons. The molecule has 0 amide bonds. The van der Waals surface area contributed by atoms with Crippen LogP contribution in [0.1, 0.15) is 20.8 Å². The summed E-state index contributed by atoms with van der Waals surface area (Å²) >= 11 is 0. The van der Waals surface area contributed by atoms with E-state index in [4.69, 9.17) is 18.7 Å². The van der Waals surface area contributed by atoms with Crippen molar-refractivity contribution in [3.05, 3.63) is 0 Å². The second-order valence-corrected chi connectivity index (χ2v) is 4.93. The molecule has 0 aromatic rings. The first-order valence-corrected chi connectivity index (χ1v) is 6.36. The Morgan fingerprint density at radius 3 is 1.62 bits per heavy atom. The van der Waals surface area contributed by atoms with Crippen LogP contribution in [0.4, 0.5) is 8.78 Å². The van der Waals surface area contributed by atoms with Gasteiger partial charge in [0, 0.05) is 0 Å². The van der Waals surface area contributed by atoms with E-state index in [0.717, 1.165) is 0 Å². The molecule has 0 spiro atoms. The highest BCUT2D eigenvalue weighted by Gasteiger charge is 2.75. The fourth-order valence-electron chi connectivity index (χ4n) is 0.982. The molecular formula is C8H16F2O5P+. The molecule has 0 saturated heterocycles. The molecular weight excluding hydrogens is 245 g/mol. The van der Waals surface area contributed by atoms with Crippen molar-refractivity contribution in [2.24, 2.45) is 0 Å². The van der Waals surface area contributed by atoms with Crippen molar-refractivity contribution in [1.82, 2.24) is 0 Å². The van der Waals surface area contributed by atoms with E-state index < -0.39 is 19.6 Å². The maximum atomic E-state index is 13.5. The van der Waals surface area contributed by atoms with Gasteiger partial charge in [-0.1, -0.05) is 0 Å². The smallest absolute Gasteiger partial charge is 0.473 e. The maximum absolute atomic E-state index is 13.5. The molecule has 0 unspecified atom stereocenters. The van der Waals surface area contributed by atoms with Crippen LogP contribution in [0.25, 0.3) is 0 Å². The Morgan fingerprint density at radius 1 is 1.12 bits per heavy atom. The second kappa shape index (κ2) is 6.39. The van der Waals surface area contributed by atoms with Crippen LogP contribution in [-0.2, 0) is 18.4 Å². The molecule has 1 N–H and O–H groups in total. The Balaban J connectivity index is 5.20. The van der Waals surface area contributed by atoms with E-state index in [1.165, 1.54) is 20.8 Å². The molecule has 5 nitrogen and oxygen atoms in total. The van der Waals surface area contributed by atoms with Crippen LogP contribution in [0.15, 0.2) is 0 Å². The van der Waals surface area contributed by atoms with Gasteiger partial charge in [-0.3, -0.25) is 0 Å². The Bertz CT molecular complexity index is 219. The van der Waals surface area contributed by atoms with Crippen molar-refractivity contribution >= 4 is 13.9 Å². The molecule has 0 aromatic heterocycles. The van der Waals surface area contributed by atoms with Crippen LogP contribution in [0.3, 0.4) is 0 Å². The van der Waals surface area contributed by atoms with Gasteiger partial charge in [0.15, 0.2) is 0 Å². The molecule has 0 rings (SSSR count). The van der Waals surface area contributed by atoms with Crippen molar-refractivity contribution < 1.29 is 32.3 Å². The van der Waals surface area contributed by atoms with Crippen molar-refractivity contribution in [3.8, 4) is 0 Å². The molecule has 0 saturated carbocycles. The molecule has 0 aliphatic heterocycles. The Hall–Kier alpha value is -0.360. The zero-order chi connectivity index (χ0) is 12.8. The van der Waals surface area contributed by atoms with Gasteiger partial charge in [0.2, 0.25) is 0 Å². The highest BCUT2D eigenvalue weighted by molar-refractivity contribution is 7.63. The number of hydrogen-bond donors (Lipinski definition) is 1. The zero-order valence-electron chi connectivity index (χ0n) is 9.40. The van der Waals surface area contributed by atoms with Crippen LogP contribution in [0, 0.1) is 0 Å². The summed E-state index contributed by atoms with van der Waals surface area (Å²) in [6.07, 6.45) is 0. The summed E-state index contributed by atoms with van der Waals surface area (Å²) in [5, 5.41) is 8.49. The molecule has 0 bridgehead atoms. The summed E-state index contributed by atoms with van der Waals surface area (Å²) in [5.41, 5.74) is -4.17. The van der Waals surface area contributed by atoms with Gasteiger partial charge in [-0.15, -0.1) is 8.78 Å². The molecule has 0 aromatic carbocycles. The monoisotopic (exact) mass is 261 g/mol. The Kier molecular flexibility index (Phi) is 6.25.